The van der Waals surface area contributed by atoms with E-state index in [1.165, 1.54) is 28.8 Å². The van der Waals surface area contributed by atoms with Crippen molar-refractivity contribution in [3.8, 4) is 0 Å². The second-order valence-electron chi connectivity index (χ2n) is 5.65. The van der Waals surface area contributed by atoms with Crippen molar-refractivity contribution in [1.82, 2.24) is 4.90 Å². The van der Waals surface area contributed by atoms with Gasteiger partial charge in [-0.2, -0.15) is 0 Å². The molecule has 27 heavy (non-hydrogen) atoms. The van der Waals surface area contributed by atoms with Crippen LogP contribution in [0.15, 0.2) is 53.4 Å². The third kappa shape index (κ3) is 4.07. The van der Waals surface area contributed by atoms with Crippen molar-refractivity contribution in [3.05, 3.63) is 70.1 Å². The van der Waals surface area contributed by atoms with Crippen LogP contribution in [-0.4, -0.2) is 34.1 Å². The van der Waals surface area contributed by atoms with Gasteiger partial charge in [0.05, 0.1) is 16.6 Å². The number of rotatable bonds is 4. The molecule has 0 aliphatic carbocycles. The number of carbonyl (C=O) groups is 3. The summed E-state index contributed by atoms with van der Waals surface area (Å²) < 4.78 is 0.494. The number of benzene rings is 2. The van der Waals surface area contributed by atoms with Gasteiger partial charge in [0.1, 0.15) is 4.32 Å². The molecule has 1 N–H and O–H groups in total. The Labute approximate surface area is 164 Å². The highest BCUT2D eigenvalue weighted by atomic mass is 32.2. The number of aromatic carboxylic acids is 1. The fourth-order valence-electron chi connectivity index (χ4n) is 2.39. The van der Waals surface area contributed by atoms with Gasteiger partial charge in [-0.15, -0.1) is 0 Å². The second-order valence-corrected chi connectivity index (χ2v) is 7.33. The molecule has 2 aromatic rings. The van der Waals surface area contributed by atoms with Gasteiger partial charge < -0.3 is 15.2 Å². The van der Waals surface area contributed by atoms with Crippen LogP contribution in [0.1, 0.15) is 26.3 Å². The SMILES string of the molecule is CN1C(=O)/C(=C\c2ccc(C(=O)Nc3ccccc3C(=O)[O-])cc2)SC1=S. The van der Waals surface area contributed by atoms with Crippen LogP contribution in [-0.2, 0) is 4.79 Å². The van der Waals surface area contributed by atoms with Crippen molar-refractivity contribution in [2.45, 2.75) is 0 Å². The highest BCUT2D eigenvalue weighted by Gasteiger charge is 2.28. The fourth-order valence-corrected chi connectivity index (χ4v) is 3.57. The molecule has 0 saturated carbocycles. The molecular formula is C19H13N2O4S2-. The van der Waals surface area contributed by atoms with E-state index < -0.39 is 11.9 Å². The van der Waals surface area contributed by atoms with Gasteiger partial charge in [0.25, 0.3) is 11.8 Å². The molecule has 6 nitrogen and oxygen atoms in total. The lowest BCUT2D eigenvalue weighted by Gasteiger charge is -2.11. The number of nitrogens with zero attached hydrogens (tertiary/aromatic N) is 1. The summed E-state index contributed by atoms with van der Waals surface area (Å²) in [7, 11) is 1.62. The number of carboxylic acids is 1. The van der Waals surface area contributed by atoms with Gasteiger partial charge in [-0.05, 0) is 29.8 Å². The summed E-state index contributed by atoms with van der Waals surface area (Å²) >= 11 is 6.31. The highest BCUT2D eigenvalue weighted by molar-refractivity contribution is 8.26. The smallest absolute Gasteiger partial charge is 0.265 e. The largest absolute Gasteiger partial charge is 0.545 e. The van der Waals surface area contributed by atoms with Crippen molar-refractivity contribution >= 4 is 57.8 Å². The number of carboxylic acid groups (broad SMARTS) is 1. The minimum absolute atomic E-state index is 0.0935. The average Bonchev–Trinajstić information content (AvgIpc) is 2.89. The Balaban J connectivity index is 1.76. The van der Waals surface area contributed by atoms with Crippen LogP contribution < -0.4 is 10.4 Å². The van der Waals surface area contributed by atoms with Crippen LogP contribution >= 0.6 is 24.0 Å². The van der Waals surface area contributed by atoms with Crippen LogP contribution in [0.3, 0.4) is 0 Å². The third-order valence-corrected chi connectivity index (χ3v) is 5.34. The maximum Gasteiger partial charge on any atom is 0.265 e. The Morgan fingerprint density at radius 3 is 2.41 bits per heavy atom. The molecular weight excluding hydrogens is 384 g/mol. The van der Waals surface area contributed by atoms with Gasteiger partial charge in [0.15, 0.2) is 0 Å². The Morgan fingerprint density at radius 2 is 1.81 bits per heavy atom. The summed E-state index contributed by atoms with van der Waals surface area (Å²) in [4.78, 5) is 37.4. The summed E-state index contributed by atoms with van der Waals surface area (Å²) in [6, 6.07) is 12.6. The molecule has 1 saturated heterocycles. The van der Waals surface area contributed by atoms with Crippen LogP contribution in [0.2, 0.25) is 0 Å². The predicted molar refractivity (Wildman–Crippen MR) is 106 cm³/mol. The molecule has 0 atom stereocenters. The molecule has 0 aromatic heterocycles. The number of hydrogen-bond acceptors (Lipinski definition) is 6. The lowest BCUT2D eigenvalue weighted by atomic mass is 10.1. The first-order valence-electron chi connectivity index (χ1n) is 7.80. The van der Waals surface area contributed by atoms with Gasteiger partial charge in [-0.3, -0.25) is 14.5 Å². The monoisotopic (exact) mass is 397 g/mol. The topological polar surface area (TPSA) is 89.5 Å². The van der Waals surface area contributed by atoms with Gasteiger partial charge in [-0.25, -0.2) is 0 Å². The maximum absolute atomic E-state index is 12.4. The van der Waals surface area contributed by atoms with Crippen molar-refractivity contribution in [1.29, 1.82) is 0 Å². The lowest BCUT2D eigenvalue weighted by molar-refractivity contribution is -0.254. The zero-order valence-corrected chi connectivity index (χ0v) is 15.7. The minimum atomic E-state index is -1.37. The molecule has 2 amide bonds. The van der Waals surface area contributed by atoms with Crippen LogP contribution in [0.4, 0.5) is 5.69 Å². The summed E-state index contributed by atoms with van der Waals surface area (Å²) in [6.45, 7) is 0. The number of amides is 2. The van der Waals surface area contributed by atoms with Gasteiger partial charge >= 0.3 is 0 Å². The molecule has 0 bridgehead atoms. The van der Waals surface area contributed by atoms with Crippen LogP contribution in [0.5, 0.6) is 0 Å². The summed E-state index contributed by atoms with van der Waals surface area (Å²) in [5.41, 5.74) is 1.17. The summed E-state index contributed by atoms with van der Waals surface area (Å²) in [5, 5.41) is 13.7. The first-order chi connectivity index (χ1) is 12.9. The van der Waals surface area contributed by atoms with Crippen LogP contribution in [0.25, 0.3) is 6.08 Å². The normalized spacial score (nSPS) is 15.3. The summed E-state index contributed by atoms with van der Waals surface area (Å²) in [5.74, 6) is -1.98. The lowest BCUT2D eigenvalue weighted by Crippen LogP contribution is -2.24. The van der Waals surface area contributed by atoms with Gasteiger partial charge in [0.2, 0.25) is 0 Å². The Hall–Kier alpha value is -2.97. The van der Waals surface area contributed by atoms with Crippen molar-refractivity contribution in [2.75, 3.05) is 12.4 Å². The molecule has 0 radical (unpaired) electrons. The van der Waals surface area contributed by atoms with Crippen molar-refractivity contribution in [2.24, 2.45) is 0 Å². The van der Waals surface area contributed by atoms with Crippen molar-refractivity contribution in [3.63, 3.8) is 0 Å². The quantitative estimate of drug-likeness (QED) is 0.628. The van der Waals surface area contributed by atoms with E-state index in [1.807, 2.05) is 0 Å². The second kappa shape index (κ2) is 7.73. The highest BCUT2D eigenvalue weighted by Crippen LogP contribution is 2.31. The van der Waals surface area contributed by atoms with Gasteiger partial charge in [-0.1, -0.05) is 54.3 Å². The first-order valence-corrected chi connectivity index (χ1v) is 9.02. The van der Waals surface area contributed by atoms with E-state index >= 15 is 0 Å². The maximum atomic E-state index is 12.4. The average molecular weight is 397 g/mol. The number of thioether (sulfide) groups is 1. The zero-order valence-electron chi connectivity index (χ0n) is 14.1. The van der Waals surface area contributed by atoms with E-state index in [-0.39, 0.29) is 17.2 Å². The molecule has 8 heteroatoms. The molecule has 0 spiro atoms. The Kier molecular flexibility index (Phi) is 5.38. The Bertz CT molecular complexity index is 983. The van der Waals surface area contributed by atoms with E-state index in [9.17, 15) is 19.5 Å². The molecule has 2 aromatic carbocycles. The number of thiocarbonyl (C=S) groups is 1. The molecule has 0 unspecified atom stereocenters. The number of anilines is 1. The number of likely N-dealkylation sites (N-methyl/N-ethyl adjacent to an activating group) is 1. The standard InChI is InChI=1S/C19H14N2O4S2/c1-21-17(23)15(27-19(21)26)10-11-6-8-12(9-7-11)16(22)20-14-5-3-2-4-13(14)18(24)25/h2-10H,1H3,(H,20,22)(H,24,25)/p-1/b15-10+. The number of hydrogen-bond donors (Lipinski definition) is 1. The minimum Gasteiger partial charge on any atom is -0.545 e. The van der Waals surface area contributed by atoms with E-state index in [2.05, 4.69) is 5.32 Å². The van der Waals surface area contributed by atoms with E-state index in [4.69, 9.17) is 12.2 Å². The van der Waals surface area contributed by atoms with Crippen molar-refractivity contribution < 1.29 is 19.5 Å². The van der Waals surface area contributed by atoms with Crippen LogP contribution in [0, 0.1) is 0 Å². The predicted octanol–water partition coefficient (Wildman–Crippen LogP) is 2.13. The van der Waals surface area contributed by atoms with E-state index in [0.29, 0.717) is 14.8 Å². The molecule has 136 valence electrons. The Morgan fingerprint density at radius 1 is 1.15 bits per heavy atom. The molecule has 3 rings (SSSR count). The first kappa shape index (κ1) is 18.8. The molecule has 1 aliphatic heterocycles. The number of para-hydroxylation sites is 1. The van der Waals surface area contributed by atoms with E-state index in [1.54, 1.807) is 49.5 Å². The number of carbonyl (C=O) groups excluding carboxylic acids is 3. The number of nitrogens with one attached hydrogen (secondary N) is 1. The zero-order chi connectivity index (χ0) is 19.6. The van der Waals surface area contributed by atoms with E-state index in [0.717, 1.165) is 5.56 Å². The fraction of sp³-hybridized carbons (Fsp3) is 0.0526. The molecule has 1 heterocycles. The van der Waals surface area contributed by atoms with Gasteiger partial charge in [0, 0.05) is 18.2 Å². The molecule has 1 aliphatic rings. The molecule has 1 fully saturated rings. The summed E-state index contributed by atoms with van der Waals surface area (Å²) in [6.07, 6.45) is 1.70. The third-order valence-electron chi connectivity index (χ3n) is 3.85.